The van der Waals surface area contributed by atoms with Gasteiger partial charge in [0, 0.05) is 18.5 Å². The standard InChI is InChI=1S/C27H38N2O5/c1-7-24(26(31)28-27(2,3)4)29(19-20-10-8-11-23(18-20)33-6)25(30)12-9-17-34-22-15-13-21(32-5)14-16-22/h8,10-11,13-16,18,24H,7,9,12,17,19H2,1-6H3,(H,28,31)/t24-/m1/s1. The molecule has 1 atom stereocenters. The van der Waals surface area contributed by atoms with Crippen molar-refractivity contribution in [3.05, 3.63) is 54.1 Å². The van der Waals surface area contributed by atoms with E-state index in [1.165, 1.54) is 0 Å². The Balaban J connectivity index is 2.09. The van der Waals surface area contributed by atoms with E-state index in [2.05, 4.69) is 5.32 Å². The topological polar surface area (TPSA) is 77.1 Å². The molecule has 0 aliphatic carbocycles. The van der Waals surface area contributed by atoms with E-state index >= 15 is 0 Å². The highest BCUT2D eigenvalue weighted by Gasteiger charge is 2.30. The molecule has 0 aliphatic heterocycles. The van der Waals surface area contributed by atoms with Crippen molar-refractivity contribution in [3.63, 3.8) is 0 Å². The van der Waals surface area contributed by atoms with Gasteiger partial charge in [-0.3, -0.25) is 9.59 Å². The van der Waals surface area contributed by atoms with Crippen LogP contribution in [-0.4, -0.2) is 49.1 Å². The number of amides is 2. The van der Waals surface area contributed by atoms with Gasteiger partial charge in [0.1, 0.15) is 23.3 Å². The largest absolute Gasteiger partial charge is 0.497 e. The van der Waals surface area contributed by atoms with Crippen LogP contribution < -0.4 is 19.5 Å². The first-order valence-electron chi connectivity index (χ1n) is 11.7. The number of benzene rings is 2. The molecule has 7 heteroatoms. The third-order valence-corrected chi connectivity index (χ3v) is 5.23. The third-order valence-electron chi connectivity index (χ3n) is 5.23. The predicted molar refractivity (Wildman–Crippen MR) is 133 cm³/mol. The van der Waals surface area contributed by atoms with Crippen molar-refractivity contribution in [3.8, 4) is 17.2 Å². The van der Waals surface area contributed by atoms with Crippen LogP contribution in [0.5, 0.6) is 17.2 Å². The molecule has 0 aromatic heterocycles. The highest BCUT2D eigenvalue weighted by atomic mass is 16.5. The van der Waals surface area contributed by atoms with E-state index in [1.54, 1.807) is 19.1 Å². The maximum atomic E-state index is 13.3. The summed E-state index contributed by atoms with van der Waals surface area (Å²) in [5.74, 6) is 1.95. The summed E-state index contributed by atoms with van der Waals surface area (Å²) in [5.41, 5.74) is 0.519. The number of hydrogen-bond donors (Lipinski definition) is 1. The molecule has 2 aromatic rings. The molecule has 2 rings (SSSR count). The van der Waals surface area contributed by atoms with Crippen molar-refractivity contribution < 1.29 is 23.8 Å². The molecular weight excluding hydrogens is 432 g/mol. The summed E-state index contributed by atoms with van der Waals surface area (Å²) >= 11 is 0. The fourth-order valence-electron chi connectivity index (χ4n) is 3.57. The van der Waals surface area contributed by atoms with Gasteiger partial charge in [-0.1, -0.05) is 19.1 Å². The summed E-state index contributed by atoms with van der Waals surface area (Å²) in [7, 11) is 3.22. The van der Waals surface area contributed by atoms with Gasteiger partial charge in [-0.2, -0.15) is 0 Å². The molecule has 0 saturated carbocycles. The van der Waals surface area contributed by atoms with Crippen molar-refractivity contribution in [2.45, 2.75) is 65.1 Å². The van der Waals surface area contributed by atoms with Gasteiger partial charge in [0.05, 0.1) is 20.8 Å². The van der Waals surface area contributed by atoms with Crippen molar-refractivity contribution in [1.29, 1.82) is 0 Å². The van der Waals surface area contributed by atoms with Gasteiger partial charge >= 0.3 is 0 Å². The zero-order valence-corrected chi connectivity index (χ0v) is 21.2. The maximum absolute atomic E-state index is 13.3. The second kappa shape index (κ2) is 12.9. The Kier molecular flexibility index (Phi) is 10.2. The number of carbonyl (C=O) groups excluding carboxylic acids is 2. The molecule has 186 valence electrons. The van der Waals surface area contributed by atoms with Crippen LogP contribution in [0.25, 0.3) is 0 Å². The summed E-state index contributed by atoms with van der Waals surface area (Å²) in [6, 6.07) is 14.3. The Hall–Kier alpha value is -3.22. The predicted octanol–water partition coefficient (Wildman–Crippen LogP) is 4.58. The fraction of sp³-hybridized carbons (Fsp3) is 0.481. The lowest BCUT2D eigenvalue weighted by atomic mass is 10.0. The van der Waals surface area contributed by atoms with Crippen LogP contribution in [0, 0.1) is 0 Å². The minimum atomic E-state index is -0.569. The number of carbonyl (C=O) groups is 2. The number of hydrogen-bond acceptors (Lipinski definition) is 5. The van der Waals surface area contributed by atoms with Crippen molar-refractivity contribution in [2.75, 3.05) is 20.8 Å². The van der Waals surface area contributed by atoms with Gasteiger partial charge in [-0.05, 0) is 75.6 Å². The van der Waals surface area contributed by atoms with Gasteiger partial charge in [-0.25, -0.2) is 0 Å². The summed E-state index contributed by atoms with van der Waals surface area (Å²) in [6.45, 7) is 8.44. The highest BCUT2D eigenvalue weighted by Crippen LogP contribution is 2.20. The Morgan fingerprint density at radius 2 is 1.62 bits per heavy atom. The molecule has 0 spiro atoms. The van der Waals surface area contributed by atoms with Crippen LogP contribution in [0.3, 0.4) is 0 Å². The summed E-state index contributed by atoms with van der Waals surface area (Å²) in [4.78, 5) is 28.0. The molecule has 7 nitrogen and oxygen atoms in total. The molecule has 2 amide bonds. The van der Waals surface area contributed by atoms with Gasteiger partial charge in [-0.15, -0.1) is 0 Å². The zero-order chi connectivity index (χ0) is 25.1. The van der Waals surface area contributed by atoms with Gasteiger partial charge < -0.3 is 24.4 Å². The summed E-state index contributed by atoms with van der Waals surface area (Å²) in [5, 5.41) is 3.02. The van der Waals surface area contributed by atoms with Crippen LogP contribution in [0.2, 0.25) is 0 Å². The van der Waals surface area contributed by atoms with Crippen LogP contribution in [0.1, 0.15) is 52.5 Å². The molecule has 0 fully saturated rings. The second-order valence-corrected chi connectivity index (χ2v) is 9.16. The Morgan fingerprint density at radius 1 is 0.971 bits per heavy atom. The minimum absolute atomic E-state index is 0.0861. The Bertz CT molecular complexity index is 921. The van der Waals surface area contributed by atoms with Crippen LogP contribution in [-0.2, 0) is 16.1 Å². The SMILES string of the molecule is CC[C@H](C(=O)NC(C)(C)C)N(Cc1cccc(OC)c1)C(=O)CCCOc1ccc(OC)cc1. The average molecular weight is 471 g/mol. The smallest absolute Gasteiger partial charge is 0.243 e. The monoisotopic (exact) mass is 470 g/mol. The second-order valence-electron chi connectivity index (χ2n) is 9.16. The average Bonchev–Trinajstić information content (AvgIpc) is 2.81. The first-order valence-corrected chi connectivity index (χ1v) is 11.7. The van der Waals surface area contributed by atoms with Crippen LogP contribution in [0.4, 0.5) is 0 Å². The quantitative estimate of drug-likeness (QED) is 0.459. The molecule has 1 N–H and O–H groups in total. The van der Waals surface area contributed by atoms with E-state index in [0.717, 1.165) is 17.1 Å². The lowest BCUT2D eigenvalue weighted by Gasteiger charge is -2.33. The molecule has 0 aliphatic rings. The molecule has 2 aromatic carbocycles. The van der Waals surface area contributed by atoms with E-state index in [4.69, 9.17) is 14.2 Å². The summed E-state index contributed by atoms with van der Waals surface area (Å²) in [6.07, 6.45) is 1.33. The van der Waals surface area contributed by atoms with Gasteiger partial charge in [0.15, 0.2) is 0 Å². The molecule has 0 unspecified atom stereocenters. The highest BCUT2D eigenvalue weighted by molar-refractivity contribution is 5.88. The van der Waals surface area contributed by atoms with Crippen LogP contribution >= 0.6 is 0 Å². The van der Waals surface area contributed by atoms with E-state index in [0.29, 0.717) is 31.7 Å². The van der Waals surface area contributed by atoms with Gasteiger partial charge in [0.2, 0.25) is 11.8 Å². The zero-order valence-electron chi connectivity index (χ0n) is 21.2. The number of methoxy groups -OCH3 is 2. The number of rotatable bonds is 12. The Morgan fingerprint density at radius 3 is 2.21 bits per heavy atom. The fourth-order valence-corrected chi connectivity index (χ4v) is 3.57. The number of nitrogens with zero attached hydrogens (tertiary/aromatic N) is 1. The Labute approximate surface area is 203 Å². The van der Waals surface area contributed by atoms with Crippen molar-refractivity contribution >= 4 is 11.8 Å². The molecule has 0 radical (unpaired) electrons. The first-order chi connectivity index (χ1) is 16.2. The van der Waals surface area contributed by atoms with Gasteiger partial charge in [0.25, 0.3) is 0 Å². The van der Waals surface area contributed by atoms with Crippen molar-refractivity contribution in [1.82, 2.24) is 10.2 Å². The summed E-state index contributed by atoms with van der Waals surface area (Å²) < 4.78 is 16.2. The van der Waals surface area contributed by atoms with Crippen LogP contribution in [0.15, 0.2) is 48.5 Å². The molecule has 0 heterocycles. The van der Waals surface area contributed by atoms with Crippen molar-refractivity contribution in [2.24, 2.45) is 0 Å². The number of ether oxygens (including phenoxy) is 3. The minimum Gasteiger partial charge on any atom is -0.497 e. The normalized spacial score (nSPS) is 11.9. The van der Waals surface area contributed by atoms with E-state index in [-0.39, 0.29) is 23.8 Å². The third kappa shape index (κ3) is 8.61. The molecule has 34 heavy (non-hydrogen) atoms. The molecule has 0 saturated heterocycles. The van der Waals surface area contributed by atoms with E-state index in [1.807, 2.05) is 76.2 Å². The molecule has 0 bridgehead atoms. The lowest BCUT2D eigenvalue weighted by molar-refractivity contribution is -0.142. The molecular formula is C27H38N2O5. The first kappa shape index (κ1) is 27.0. The maximum Gasteiger partial charge on any atom is 0.243 e. The van der Waals surface area contributed by atoms with E-state index < -0.39 is 6.04 Å². The van der Waals surface area contributed by atoms with E-state index in [9.17, 15) is 9.59 Å². The lowest BCUT2D eigenvalue weighted by Crippen LogP contribution is -2.53. The number of nitrogens with one attached hydrogen (secondary N) is 1.